The topological polar surface area (TPSA) is 82.7 Å². The summed E-state index contributed by atoms with van der Waals surface area (Å²) in [5.74, 6) is 0.299. The van der Waals surface area contributed by atoms with Crippen LogP contribution in [0.2, 0.25) is 0 Å². The Balaban J connectivity index is 1.66. The van der Waals surface area contributed by atoms with Crippen LogP contribution in [0, 0.1) is 0 Å². The first-order chi connectivity index (χ1) is 14.4. The molecule has 1 N–H and O–H groups in total. The second-order valence-electron chi connectivity index (χ2n) is 7.89. The fraction of sp³-hybridized carbons (Fsp3) is 0.261. The molecule has 1 aromatic heterocycles. The Hall–Kier alpha value is -3.61. The maximum Gasteiger partial charge on any atom is 0.332 e. The minimum atomic E-state index is -1.14. The number of rotatable bonds is 3. The van der Waals surface area contributed by atoms with E-state index in [2.05, 4.69) is 4.98 Å². The number of urea groups is 1. The lowest BCUT2D eigenvalue weighted by atomic mass is 9.87. The van der Waals surface area contributed by atoms with Crippen molar-refractivity contribution in [1.82, 2.24) is 9.88 Å². The van der Waals surface area contributed by atoms with Crippen LogP contribution in [0.4, 0.5) is 10.5 Å². The van der Waals surface area contributed by atoms with E-state index in [0.29, 0.717) is 24.2 Å². The summed E-state index contributed by atoms with van der Waals surface area (Å²) in [7, 11) is 1.62. The number of carbonyl (C=O) groups excluding carboxylic acids is 3. The van der Waals surface area contributed by atoms with Crippen molar-refractivity contribution in [2.75, 3.05) is 18.6 Å². The number of hydrogen-bond acceptors (Lipinski definition) is 4. The Morgan fingerprint density at radius 2 is 1.97 bits per heavy atom. The number of aromatic nitrogens is 1. The molecule has 3 heterocycles. The van der Waals surface area contributed by atoms with Crippen LogP contribution >= 0.6 is 0 Å². The largest absolute Gasteiger partial charge is 0.497 e. The molecular formula is C23H21N3O4. The van der Waals surface area contributed by atoms with Gasteiger partial charge in [-0.1, -0.05) is 12.1 Å². The van der Waals surface area contributed by atoms with Crippen molar-refractivity contribution in [2.24, 2.45) is 0 Å². The summed E-state index contributed by atoms with van der Waals surface area (Å²) < 4.78 is 5.36. The molecule has 152 valence electrons. The van der Waals surface area contributed by atoms with Crippen molar-refractivity contribution >= 4 is 34.3 Å². The lowest BCUT2D eigenvalue weighted by Crippen LogP contribution is -2.49. The van der Waals surface area contributed by atoms with Crippen molar-refractivity contribution < 1.29 is 19.1 Å². The van der Waals surface area contributed by atoms with E-state index in [1.807, 2.05) is 18.2 Å². The van der Waals surface area contributed by atoms with Crippen LogP contribution < -0.4 is 9.64 Å². The van der Waals surface area contributed by atoms with Crippen LogP contribution in [-0.2, 0) is 16.8 Å². The molecule has 2 aromatic carbocycles. The molecule has 0 aliphatic carbocycles. The first-order valence-corrected chi connectivity index (χ1v) is 9.82. The van der Waals surface area contributed by atoms with Gasteiger partial charge in [0.15, 0.2) is 11.3 Å². The molecular weight excluding hydrogens is 382 g/mol. The lowest BCUT2D eigenvalue weighted by molar-refractivity contribution is -0.125. The quantitative estimate of drug-likeness (QED) is 0.535. The van der Waals surface area contributed by atoms with Gasteiger partial charge in [-0.25, -0.2) is 9.69 Å². The van der Waals surface area contributed by atoms with Gasteiger partial charge in [0.05, 0.1) is 18.5 Å². The van der Waals surface area contributed by atoms with E-state index in [-0.39, 0.29) is 17.7 Å². The number of H-pyrrole nitrogens is 1. The molecule has 7 nitrogen and oxygen atoms in total. The second kappa shape index (κ2) is 6.19. The zero-order valence-electron chi connectivity index (χ0n) is 17.0. The van der Waals surface area contributed by atoms with Crippen LogP contribution in [0.15, 0.2) is 42.5 Å². The zero-order chi connectivity index (χ0) is 21.2. The van der Waals surface area contributed by atoms with E-state index >= 15 is 0 Å². The monoisotopic (exact) mass is 403 g/mol. The van der Waals surface area contributed by atoms with Gasteiger partial charge < -0.3 is 14.6 Å². The lowest BCUT2D eigenvalue weighted by Gasteiger charge is -2.35. The second-order valence-corrected chi connectivity index (χ2v) is 7.89. The number of nitrogens with one attached hydrogen (secondary N) is 1. The molecule has 0 radical (unpaired) electrons. The molecule has 0 bridgehead atoms. The third-order valence-corrected chi connectivity index (χ3v) is 6.28. The van der Waals surface area contributed by atoms with Gasteiger partial charge in [-0.3, -0.25) is 9.59 Å². The number of ether oxygens (including phenoxy) is 1. The average Bonchev–Trinajstić information content (AvgIpc) is 3.21. The molecule has 1 atom stereocenters. The van der Waals surface area contributed by atoms with Gasteiger partial charge >= 0.3 is 6.03 Å². The van der Waals surface area contributed by atoms with E-state index in [9.17, 15) is 14.4 Å². The predicted octanol–water partition coefficient (Wildman–Crippen LogP) is 3.62. The van der Waals surface area contributed by atoms with Crippen LogP contribution in [0.25, 0.3) is 10.9 Å². The number of benzene rings is 2. The molecule has 3 aromatic rings. The number of nitrogens with zero attached hydrogens (tertiary/aromatic N) is 2. The summed E-state index contributed by atoms with van der Waals surface area (Å²) in [6, 6.07) is 12.0. The molecule has 7 heteroatoms. The van der Waals surface area contributed by atoms with Gasteiger partial charge in [-0.2, -0.15) is 0 Å². The van der Waals surface area contributed by atoms with Crippen molar-refractivity contribution in [3.63, 3.8) is 0 Å². The first-order valence-electron chi connectivity index (χ1n) is 9.82. The molecule has 30 heavy (non-hydrogen) atoms. The highest BCUT2D eigenvalue weighted by atomic mass is 16.5. The summed E-state index contributed by atoms with van der Waals surface area (Å²) >= 11 is 0. The van der Waals surface area contributed by atoms with E-state index < -0.39 is 5.54 Å². The highest BCUT2D eigenvalue weighted by molar-refractivity contribution is 6.24. The normalized spacial score (nSPS) is 20.5. The maximum atomic E-state index is 13.6. The molecule has 2 aliphatic rings. The molecule has 0 saturated carbocycles. The zero-order valence-corrected chi connectivity index (χ0v) is 17.0. The van der Waals surface area contributed by atoms with Gasteiger partial charge in [0.2, 0.25) is 0 Å². The molecule has 1 saturated heterocycles. The Morgan fingerprint density at radius 3 is 2.70 bits per heavy atom. The average molecular weight is 403 g/mol. The van der Waals surface area contributed by atoms with E-state index in [4.69, 9.17) is 4.74 Å². The fourth-order valence-electron chi connectivity index (χ4n) is 4.64. The van der Waals surface area contributed by atoms with Gasteiger partial charge in [-0.15, -0.1) is 0 Å². The summed E-state index contributed by atoms with van der Waals surface area (Å²) in [5.41, 5.74) is 2.41. The highest BCUT2D eigenvalue weighted by Gasteiger charge is 2.59. The van der Waals surface area contributed by atoms with E-state index in [1.165, 1.54) is 11.8 Å². The standard InChI is InChI=1S/C23H21N3O4/c1-13(27)14-5-4-6-15(11-14)26-21(28)23(2)20-17(9-10-25(23)22(26)29)18-12-16(30-3)7-8-19(18)24-20/h4-8,11-12,24H,9-10H2,1-3H3. The van der Waals surface area contributed by atoms with E-state index in [1.54, 1.807) is 43.2 Å². The van der Waals surface area contributed by atoms with Crippen molar-refractivity contribution in [3.8, 4) is 5.75 Å². The molecule has 3 amide bonds. The Labute approximate surface area is 173 Å². The first kappa shape index (κ1) is 18.4. The van der Waals surface area contributed by atoms with Gasteiger partial charge in [0.1, 0.15) is 5.75 Å². The minimum Gasteiger partial charge on any atom is -0.497 e. The number of anilines is 1. The Bertz CT molecular complexity index is 1240. The smallest absolute Gasteiger partial charge is 0.332 e. The number of fused-ring (bicyclic) bond motifs is 5. The van der Waals surface area contributed by atoms with Crippen LogP contribution in [0.1, 0.15) is 35.5 Å². The Morgan fingerprint density at radius 1 is 1.17 bits per heavy atom. The third kappa shape index (κ3) is 2.29. The van der Waals surface area contributed by atoms with Crippen molar-refractivity contribution in [1.29, 1.82) is 0 Å². The Kier molecular flexibility index (Phi) is 3.80. The summed E-state index contributed by atoms with van der Waals surface area (Å²) in [6.45, 7) is 3.68. The molecule has 1 fully saturated rings. The number of hydrogen-bond donors (Lipinski definition) is 1. The maximum absolute atomic E-state index is 13.6. The van der Waals surface area contributed by atoms with Crippen LogP contribution in [0.3, 0.4) is 0 Å². The number of Topliss-reactive ketones (excluding diaryl/α,β-unsaturated/α-hetero) is 1. The van der Waals surface area contributed by atoms with Crippen LogP contribution in [-0.4, -0.2) is 41.3 Å². The highest BCUT2D eigenvalue weighted by Crippen LogP contribution is 2.45. The summed E-state index contributed by atoms with van der Waals surface area (Å²) in [6.07, 6.45) is 0.637. The van der Waals surface area contributed by atoms with Crippen molar-refractivity contribution in [2.45, 2.75) is 25.8 Å². The molecule has 0 spiro atoms. The number of amides is 3. The number of methoxy groups -OCH3 is 1. The number of carbonyl (C=O) groups is 3. The SMILES string of the molecule is COc1ccc2[nH]c3c(c2c1)CCN1C(=O)N(c2cccc(C(C)=O)c2)C(=O)C31C. The molecule has 1 unspecified atom stereocenters. The third-order valence-electron chi connectivity index (χ3n) is 6.28. The van der Waals surface area contributed by atoms with Crippen LogP contribution in [0.5, 0.6) is 5.75 Å². The predicted molar refractivity (Wildman–Crippen MR) is 112 cm³/mol. The van der Waals surface area contributed by atoms with E-state index in [0.717, 1.165) is 27.9 Å². The van der Waals surface area contributed by atoms with Crippen molar-refractivity contribution in [3.05, 3.63) is 59.3 Å². The number of ketones is 1. The molecule has 5 rings (SSSR count). The fourth-order valence-corrected chi connectivity index (χ4v) is 4.64. The molecule has 2 aliphatic heterocycles. The van der Waals surface area contributed by atoms with Gasteiger partial charge in [0.25, 0.3) is 5.91 Å². The summed E-state index contributed by atoms with van der Waals surface area (Å²) in [5, 5.41) is 1.00. The van der Waals surface area contributed by atoms with Gasteiger partial charge in [-0.05, 0) is 56.2 Å². The number of aromatic amines is 1. The number of imide groups is 1. The van der Waals surface area contributed by atoms with Gasteiger partial charge in [0, 0.05) is 23.0 Å². The summed E-state index contributed by atoms with van der Waals surface area (Å²) in [4.78, 5) is 44.9. The minimum absolute atomic E-state index is 0.119.